The Labute approximate surface area is 131 Å². The number of aliphatic carboxylic acids is 1. The summed E-state index contributed by atoms with van der Waals surface area (Å²) in [6.07, 6.45) is 1.16. The summed E-state index contributed by atoms with van der Waals surface area (Å²) in [5.41, 5.74) is 1.64. The Hall–Kier alpha value is -2.04. The molecule has 0 saturated carbocycles. The summed E-state index contributed by atoms with van der Waals surface area (Å²) in [6.45, 7) is 7.28. The SMILES string of the molecule is CCc1ccc(CC[C@@H](NC(=O)OC(C)(C)C)C(=O)O)cc1. The van der Waals surface area contributed by atoms with E-state index in [0.29, 0.717) is 12.8 Å². The molecule has 0 aliphatic heterocycles. The number of nitrogens with one attached hydrogen (secondary N) is 1. The van der Waals surface area contributed by atoms with E-state index < -0.39 is 23.7 Å². The van der Waals surface area contributed by atoms with Gasteiger partial charge in [0, 0.05) is 0 Å². The summed E-state index contributed by atoms with van der Waals surface area (Å²) in [7, 11) is 0. The van der Waals surface area contributed by atoms with Crippen molar-refractivity contribution in [3.63, 3.8) is 0 Å². The van der Waals surface area contributed by atoms with Crippen LogP contribution < -0.4 is 5.32 Å². The van der Waals surface area contributed by atoms with Crippen molar-refractivity contribution < 1.29 is 19.4 Å². The van der Waals surface area contributed by atoms with Crippen molar-refractivity contribution in [2.45, 2.75) is 58.6 Å². The predicted molar refractivity (Wildman–Crippen MR) is 84.9 cm³/mol. The second-order valence-corrected chi connectivity index (χ2v) is 6.25. The number of rotatable bonds is 6. The minimum Gasteiger partial charge on any atom is -0.480 e. The van der Waals surface area contributed by atoms with E-state index in [1.54, 1.807) is 20.8 Å². The molecule has 0 saturated heterocycles. The molecule has 5 heteroatoms. The van der Waals surface area contributed by atoms with E-state index in [9.17, 15) is 14.7 Å². The van der Waals surface area contributed by atoms with Crippen molar-refractivity contribution in [3.05, 3.63) is 35.4 Å². The van der Waals surface area contributed by atoms with Gasteiger partial charge in [0.2, 0.25) is 0 Å². The predicted octanol–water partition coefficient (Wildman–Crippen LogP) is 3.16. The third-order valence-corrected chi connectivity index (χ3v) is 3.14. The summed E-state index contributed by atoms with van der Waals surface area (Å²) in [6, 6.07) is 7.09. The Balaban J connectivity index is 2.57. The summed E-state index contributed by atoms with van der Waals surface area (Å²) in [5, 5.41) is 11.6. The Morgan fingerprint density at radius 3 is 2.18 bits per heavy atom. The number of amides is 1. The lowest BCUT2D eigenvalue weighted by molar-refractivity contribution is -0.139. The van der Waals surface area contributed by atoms with Crippen LogP contribution in [0.3, 0.4) is 0 Å². The molecule has 1 aromatic carbocycles. The molecule has 122 valence electrons. The van der Waals surface area contributed by atoms with Gasteiger partial charge >= 0.3 is 12.1 Å². The third kappa shape index (κ3) is 6.61. The minimum absolute atomic E-state index is 0.319. The number of hydrogen-bond donors (Lipinski definition) is 2. The van der Waals surface area contributed by atoms with E-state index in [-0.39, 0.29) is 0 Å². The number of ether oxygens (including phenoxy) is 1. The van der Waals surface area contributed by atoms with Gasteiger partial charge in [-0.1, -0.05) is 31.2 Å². The number of carboxylic acids is 1. The van der Waals surface area contributed by atoms with Crippen LogP contribution in [0.5, 0.6) is 0 Å². The fraction of sp³-hybridized carbons (Fsp3) is 0.529. The topological polar surface area (TPSA) is 75.6 Å². The second-order valence-electron chi connectivity index (χ2n) is 6.25. The molecule has 1 amide bonds. The number of benzene rings is 1. The highest BCUT2D eigenvalue weighted by molar-refractivity contribution is 5.80. The third-order valence-electron chi connectivity index (χ3n) is 3.14. The summed E-state index contributed by atoms with van der Waals surface area (Å²) in [5.74, 6) is -1.06. The molecular formula is C17H25NO4. The minimum atomic E-state index is -1.06. The van der Waals surface area contributed by atoms with Gasteiger partial charge in [-0.15, -0.1) is 0 Å². The average Bonchev–Trinajstić information content (AvgIpc) is 2.41. The fourth-order valence-electron chi connectivity index (χ4n) is 1.96. The van der Waals surface area contributed by atoms with E-state index in [4.69, 9.17) is 4.74 Å². The number of aryl methyl sites for hydroxylation is 2. The zero-order valence-electron chi connectivity index (χ0n) is 13.7. The van der Waals surface area contributed by atoms with Gasteiger partial charge in [-0.25, -0.2) is 9.59 Å². The highest BCUT2D eigenvalue weighted by atomic mass is 16.6. The maximum absolute atomic E-state index is 11.7. The maximum atomic E-state index is 11.7. The highest BCUT2D eigenvalue weighted by Gasteiger charge is 2.23. The van der Waals surface area contributed by atoms with Crippen molar-refractivity contribution in [3.8, 4) is 0 Å². The lowest BCUT2D eigenvalue weighted by Crippen LogP contribution is -2.43. The smallest absolute Gasteiger partial charge is 0.408 e. The highest BCUT2D eigenvalue weighted by Crippen LogP contribution is 2.10. The van der Waals surface area contributed by atoms with Crippen molar-refractivity contribution >= 4 is 12.1 Å². The maximum Gasteiger partial charge on any atom is 0.408 e. The Morgan fingerprint density at radius 1 is 1.18 bits per heavy atom. The van der Waals surface area contributed by atoms with E-state index >= 15 is 0 Å². The molecule has 0 aromatic heterocycles. The Bertz CT molecular complexity index is 502. The normalized spacial score (nSPS) is 12.5. The Kier molecular flexibility index (Phi) is 6.40. The first-order valence-electron chi connectivity index (χ1n) is 7.51. The standard InChI is InChI=1S/C17H25NO4/c1-5-12-6-8-13(9-7-12)10-11-14(15(19)20)18-16(21)22-17(2,3)4/h6-9,14H,5,10-11H2,1-4H3,(H,18,21)(H,19,20)/t14-/m1/s1. The average molecular weight is 307 g/mol. The van der Waals surface area contributed by atoms with Gasteiger partial charge in [0.05, 0.1) is 0 Å². The van der Waals surface area contributed by atoms with E-state index in [1.807, 2.05) is 24.3 Å². The molecule has 1 rings (SSSR count). The first kappa shape index (κ1) is 18.0. The van der Waals surface area contributed by atoms with Crippen LogP contribution in [0.2, 0.25) is 0 Å². The quantitative estimate of drug-likeness (QED) is 0.846. The molecule has 0 aliphatic carbocycles. The van der Waals surface area contributed by atoms with Crippen molar-refractivity contribution in [2.24, 2.45) is 0 Å². The van der Waals surface area contributed by atoms with E-state index in [0.717, 1.165) is 12.0 Å². The number of carbonyl (C=O) groups excluding carboxylic acids is 1. The van der Waals surface area contributed by atoms with Crippen LogP contribution in [0.1, 0.15) is 45.2 Å². The summed E-state index contributed by atoms with van der Waals surface area (Å²) >= 11 is 0. The monoisotopic (exact) mass is 307 g/mol. The van der Waals surface area contributed by atoms with Gasteiger partial charge in [-0.05, 0) is 51.2 Å². The van der Waals surface area contributed by atoms with Crippen LogP contribution in [0.4, 0.5) is 4.79 Å². The lowest BCUT2D eigenvalue weighted by atomic mass is 10.0. The molecule has 22 heavy (non-hydrogen) atoms. The lowest BCUT2D eigenvalue weighted by Gasteiger charge is -2.22. The molecule has 1 aromatic rings. The number of hydrogen-bond acceptors (Lipinski definition) is 3. The molecule has 0 fully saturated rings. The summed E-state index contributed by atoms with van der Waals surface area (Å²) in [4.78, 5) is 22.9. The van der Waals surface area contributed by atoms with Gasteiger partial charge in [0.25, 0.3) is 0 Å². The van der Waals surface area contributed by atoms with Crippen LogP contribution in [0.25, 0.3) is 0 Å². The van der Waals surface area contributed by atoms with E-state index in [2.05, 4.69) is 12.2 Å². The zero-order chi connectivity index (χ0) is 16.8. The van der Waals surface area contributed by atoms with E-state index in [1.165, 1.54) is 5.56 Å². The number of alkyl carbamates (subject to hydrolysis) is 1. The number of carbonyl (C=O) groups is 2. The first-order chi connectivity index (χ1) is 10.2. The summed E-state index contributed by atoms with van der Waals surface area (Å²) < 4.78 is 5.09. The molecule has 0 spiro atoms. The van der Waals surface area contributed by atoms with Crippen LogP contribution in [0.15, 0.2) is 24.3 Å². The molecule has 0 radical (unpaired) electrons. The van der Waals surface area contributed by atoms with Gasteiger partial charge in [0.1, 0.15) is 11.6 Å². The van der Waals surface area contributed by atoms with Gasteiger partial charge < -0.3 is 15.2 Å². The fourth-order valence-corrected chi connectivity index (χ4v) is 1.96. The number of carboxylic acid groups (broad SMARTS) is 1. The largest absolute Gasteiger partial charge is 0.480 e. The molecular weight excluding hydrogens is 282 g/mol. The second kappa shape index (κ2) is 7.82. The molecule has 0 heterocycles. The van der Waals surface area contributed by atoms with Gasteiger partial charge in [-0.2, -0.15) is 0 Å². The van der Waals surface area contributed by atoms with Crippen LogP contribution >= 0.6 is 0 Å². The zero-order valence-corrected chi connectivity index (χ0v) is 13.7. The molecule has 5 nitrogen and oxygen atoms in total. The van der Waals surface area contributed by atoms with Crippen LogP contribution in [0, 0.1) is 0 Å². The molecule has 0 unspecified atom stereocenters. The molecule has 2 N–H and O–H groups in total. The first-order valence-corrected chi connectivity index (χ1v) is 7.51. The molecule has 0 aliphatic rings. The van der Waals surface area contributed by atoms with Crippen molar-refractivity contribution in [2.75, 3.05) is 0 Å². The van der Waals surface area contributed by atoms with Gasteiger partial charge in [0.15, 0.2) is 0 Å². The molecule has 1 atom stereocenters. The van der Waals surface area contributed by atoms with Crippen LogP contribution in [-0.4, -0.2) is 28.8 Å². The Morgan fingerprint density at radius 2 is 1.73 bits per heavy atom. The van der Waals surface area contributed by atoms with Crippen LogP contribution in [-0.2, 0) is 22.4 Å². The van der Waals surface area contributed by atoms with Crippen molar-refractivity contribution in [1.82, 2.24) is 5.32 Å². The molecule has 0 bridgehead atoms. The van der Waals surface area contributed by atoms with Gasteiger partial charge in [-0.3, -0.25) is 0 Å². The van der Waals surface area contributed by atoms with Crippen molar-refractivity contribution in [1.29, 1.82) is 0 Å².